The van der Waals surface area contributed by atoms with Gasteiger partial charge >= 0.3 is 0 Å². The van der Waals surface area contributed by atoms with Crippen LogP contribution in [0.5, 0.6) is 5.75 Å². The summed E-state index contributed by atoms with van der Waals surface area (Å²) in [5.41, 5.74) is 2.32. The van der Waals surface area contributed by atoms with Gasteiger partial charge in [-0.1, -0.05) is 0 Å². The summed E-state index contributed by atoms with van der Waals surface area (Å²) in [5.74, 6) is -0.399. The van der Waals surface area contributed by atoms with Gasteiger partial charge in [-0.2, -0.15) is 5.10 Å². The normalized spacial score (nSPS) is 10.5. The Morgan fingerprint density at radius 2 is 1.81 bits per heavy atom. The van der Waals surface area contributed by atoms with E-state index < -0.39 is 11.7 Å². The van der Waals surface area contributed by atoms with E-state index in [0.717, 1.165) is 0 Å². The summed E-state index contributed by atoms with van der Waals surface area (Å²) in [6.07, 6.45) is 0. The summed E-state index contributed by atoms with van der Waals surface area (Å²) in [4.78, 5) is 23.8. The van der Waals surface area contributed by atoms with Gasteiger partial charge in [0.1, 0.15) is 11.6 Å². The number of amides is 1. The highest BCUT2D eigenvalue weighted by Crippen LogP contribution is 2.31. The molecule has 0 aliphatic carbocycles. The topological polar surface area (TPSA) is 73.2 Å². The fourth-order valence-electron chi connectivity index (χ4n) is 2.69. The van der Waals surface area contributed by atoms with E-state index in [1.54, 1.807) is 37.4 Å². The Hall–Kier alpha value is -3.48. The quantitative estimate of drug-likeness (QED) is 0.698. The number of anilines is 1. The molecule has 1 heterocycles. The van der Waals surface area contributed by atoms with Gasteiger partial charge in [0.25, 0.3) is 5.91 Å². The molecular weight excluding hydrogens is 349 g/mol. The minimum absolute atomic E-state index is 0.0497. The number of methoxy groups -OCH3 is 1. The standard InChI is InChI=1S/C20H18FN3O3/c1-12(25)13-4-7-15(8-5-13)22-20(26)17-11-18(24(2)23-17)16-10-14(21)6-9-19(16)27-3/h4-11H,1-3H3,(H,22,26). The van der Waals surface area contributed by atoms with Crippen molar-refractivity contribution in [1.82, 2.24) is 9.78 Å². The molecule has 2 aromatic carbocycles. The van der Waals surface area contributed by atoms with Gasteiger partial charge in [-0.15, -0.1) is 0 Å². The Balaban J connectivity index is 1.86. The number of aromatic nitrogens is 2. The first-order chi connectivity index (χ1) is 12.9. The second-order valence-corrected chi connectivity index (χ2v) is 5.97. The lowest BCUT2D eigenvalue weighted by atomic mass is 10.1. The number of carbonyl (C=O) groups is 2. The number of aryl methyl sites for hydroxylation is 1. The first-order valence-electron chi connectivity index (χ1n) is 8.19. The van der Waals surface area contributed by atoms with Crippen LogP contribution in [0.3, 0.4) is 0 Å². The van der Waals surface area contributed by atoms with E-state index in [-0.39, 0.29) is 11.5 Å². The number of hydrogen-bond donors (Lipinski definition) is 1. The first kappa shape index (κ1) is 18.3. The van der Waals surface area contributed by atoms with Gasteiger partial charge in [-0.3, -0.25) is 14.3 Å². The second kappa shape index (κ2) is 7.41. The van der Waals surface area contributed by atoms with Crippen molar-refractivity contribution in [3.63, 3.8) is 0 Å². The van der Waals surface area contributed by atoms with Crippen LogP contribution in [0.2, 0.25) is 0 Å². The largest absolute Gasteiger partial charge is 0.496 e. The molecule has 0 spiro atoms. The van der Waals surface area contributed by atoms with Gasteiger partial charge in [0.05, 0.1) is 12.8 Å². The second-order valence-electron chi connectivity index (χ2n) is 5.97. The van der Waals surface area contributed by atoms with Gasteiger partial charge in [-0.25, -0.2) is 4.39 Å². The zero-order chi connectivity index (χ0) is 19.6. The van der Waals surface area contributed by atoms with E-state index in [0.29, 0.717) is 28.3 Å². The Bertz CT molecular complexity index is 1010. The molecule has 1 N–H and O–H groups in total. The highest BCUT2D eigenvalue weighted by Gasteiger charge is 2.17. The van der Waals surface area contributed by atoms with Crippen LogP contribution in [0.4, 0.5) is 10.1 Å². The number of ether oxygens (including phenoxy) is 1. The number of Topliss-reactive ketones (excluding diaryl/α,β-unsaturated/α-hetero) is 1. The lowest BCUT2D eigenvalue weighted by Gasteiger charge is -2.08. The zero-order valence-electron chi connectivity index (χ0n) is 15.1. The van der Waals surface area contributed by atoms with Crippen LogP contribution >= 0.6 is 0 Å². The van der Waals surface area contributed by atoms with Crippen LogP contribution in [0.1, 0.15) is 27.8 Å². The molecule has 0 saturated carbocycles. The molecule has 0 radical (unpaired) electrons. The van der Waals surface area contributed by atoms with Crippen molar-refractivity contribution in [3.05, 3.63) is 65.6 Å². The monoisotopic (exact) mass is 367 g/mol. The van der Waals surface area contributed by atoms with Crippen molar-refractivity contribution in [2.75, 3.05) is 12.4 Å². The maximum atomic E-state index is 13.7. The highest BCUT2D eigenvalue weighted by molar-refractivity contribution is 6.04. The minimum Gasteiger partial charge on any atom is -0.496 e. The average molecular weight is 367 g/mol. The number of benzene rings is 2. The smallest absolute Gasteiger partial charge is 0.276 e. The molecule has 7 heteroatoms. The fraction of sp³-hybridized carbons (Fsp3) is 0.150. The molecule has 0 fully saturated rings. The molecule has 0 aliphatic heterocycles. The Morgan fingerprint density at radius 3 is 2.44 bits per heavy atom. The number of nitrogens with one attached hydrogen (secondary N) is 1. The summed E-state index contributed by atoms with van der Waals surface area (Å²) in [7, 11) is 3.16. The summed E-state index contributed by atoms with van der Waals surface area (Å²) >= 11 is 0. The SMILES string of the molecule is COc1ccc(F)cc1-c1cc(C(=O)Nc2ccc(C(C)=O)cc2)nn1C. The molecule has 27 heavy (non-hydrogen) atoms. The van der Waals surface area contributed by atoms with E-state index in [2.05, 4.69) is 10.4 Å². The van der Waals surface area contributed by atoms with Gasteiger partial charge in [0.2, 0.25) is 0 Å². The third-order valence-electron chi connectivity index (χ3n) is 4.10. The Morgan fingerprint density at radius 1 is 1.11 bits per heavy atom. The van der Waals surface area contributed by atoms with Gasteiger partial charge in [0.15, 0.2) is 11.5 Å². The van der Waals surface area contributed by atoms with Crippen molar-refractivity contribution in [1.29, 1.82) is 0 Å². The molecule has 6 nitrogen and oxygen atoms in total. The summed E-state index contributed by atoms with van der Waals surface area (Å²) < 4.78 is 20.4. The molecular formula is C20H18FN3O3. The predicted octanol–water partition coefficient (Wildman–Crippen LogP) is 3.69. The van der Waals surface area contributed by atoms with Crippen LogP contribution in [0.25, 0.3) is 11.3 Å². The fourth-order valence-corrected chi connectivity index (χ4v) is 2.69. The molecule has 3 aromatic rings. The molecule has 1 aromatic heterocycles. The number of rotatable bonds is 5. The summed E-state index contributed by atoms with van der Waals surface area (Å²) in [6.45, 7) is 1.48. The number of hydrogen-bond acceptors (Lipinski definition) is 4. The highest BCUT2D eigenvalue weighted by atomic mass is 19.1. The molecule has 0 atom stereocenters. The van der Waals surface area contributed by atoms with Crippen molar-refractivity contribution in [3.8, 4) is 17.0 Å². The molecule has 3 rings (SSSR count). The number of carbonyl (C=O) groups excluding carboxylic acids is 2. The van der Waals surface area contributed by atoms with Gasteiger partial charge < -0.3 is 10.1 Å². The Labute approximate surface area is 155 Å². The third-order valence-corrected chi connectivity index (χ3v) is 4.10. The molecule has 0 unspecified atom stereocenters. The van der Waals surface area contributed by atoms with Crippen LogP contribution in [0.15, 0.2) is 48.5 Å². The minimum atomic E-state index is -0.414. The van der Waals surface area contributed by atoms with Crippen molar-refractivity contribution >= 4 is 17.4 Å². The van der Waals surface area contributed by atoms with Gasteiger partial charge in [0, 0.05) is 23.9 Å². The number of nitrogens with zero attached hydrogens (tertiary/aromatic N) is 2. The summed E-state index contributed by atoms with van der Waals surface area (Å²) in [6, 6.07) is 12.3. The summed E-state index contributed by atoms with van der Waals surface area (Å²) in [5, 5.41) is 6.93. The number of ketones is 1. The third kappa shape index (κ3) is 3.87. The molecule has 138 valence electrons. The first-order valence-corrected chi connectivity index (χ1v) is 8.19. The zero-order valence-corrected chi connectivity index (χ0v) is 15.1. The number of halogens is 1. The van der Waals surface area contributed by atoms with E-state index in [1.807, 2.05) is 0 Å². The van der Waals surface area contributed by atoms with E-state index >= 15 is 0 Å². The molecule has 0 aliphatic rings. The lowest BCUT2D eigenvalue weighted by Crippen LogP contribution is -2.13. The van der Waals surface area contributed by atoms with Crippen LogP contribution in [-0.4, -0.2) is 28.6 Å². The van der Waals surface area contributed by atoms with Crippen molar-refractivity contribution in [2.45, 2.75) is 6.92 Å². The molecule has 0 saturated heterocycles. The van der Waals surface area contributed by atoms with E-state index in [9.17, 15) is 14.0 Å². The van der Waals surface area contributed by atoms with Crippen LogP contribution in [-0.2, 0) is 7.05 Å². The van der Waals surface area contributed by atoms with Crippen molar-refractivity contribution in [2.24, 2.45) is 7.05 Å². The van der Waals surface area contributed by atoms with Crippen LogP contribution < -0.4 is 10.1 Å². The maximum Gasteiger partial charge on any atom is 0.276 e. The maximum absolute atomic E-state index is 13.7. The van der Waals surface area contributed by atoms with Gasteiger partial charge in [-0.05, 0) is 55.5 Å². The average Bonchev–Trinajstić information content (AvgIpc) is 3.04. The van der Waals surface area contributed by atoms with Crippen LogP contribution in [0, 0.1) is 5.82 Å². The Kier molecular flexibility index (Phi) is 5.03. The van der Waals surface area contributed by atoms with Crippen molar-refractivity contribution < 1.29 is 18.7 Å². The predicted molar refractivity (Wildman–Crippen MR) is 99.6 cm³/mol. The van der Waals surface area contributed by atoms with E-state index in [4.69, 9.17) is 4.74 Å². The molecule has 1 amide bonds. The lowest BCUT2D eigenvalue weighted by molar-refractivity contribution is 0.101. The van der Waals surface area contributed by atoms with E-state index in [1.165, 1.54) is 36.9 Å². The molecule has 0 bridgehead atoms.